The first-order valence-electron chi connectivity index (χ1n) is 8.02. The minimum Gasteiger partial charge on any atom is -0.298 e. The Hall–Kier alpha value is -2.33. The van der Waals surface area contributed by atoms with Gasteiger partial charge in [0, 0.05) is 21.7 Å². The van der Waals surface area contributed by atoms with Gasteiger partial charge < -0.3 is 0 Å². The molecule has 0 unspecified atom stereocenters. The molecule has 0 fully saturated rings. The van der Waals surface area contributed by atoms with Crippen LogP contribution in [0.3, 0.4) is 0 Å². The maximum absolute atomic E-state index is 4.93. The summed E-state index contributed by atoms with van der Waals surface area (Å²) < 4.78 is 2.26. The molecule has 1 aromatic heterocycles. The fraction of sp³-hybridized carbons (Fsp3) is 0.200. The van der Waals surface area contributed by atoms with Crippen molar-refractivity contribution in [2.45, 2.75) is 25.3 Å². The van der Waals surface area contributed by atoms with E-state index in [0.29, 0.717) is 6.54 Å². The molecule has 0 N–H and O–H groups in total. The Labute approximate surface area is 146 Å². The Morgan fingerprint density at radius 2 is 1.83 bits per heavy atom. The van der Waals surface area contributed by atoms with Crippen molar-refractivity contribution in [1.82, 2.24) is 9.55 Å². The average Bonchev–Trinajstić information content (AvgIpc) is 2.80. The van der Waals surface area contributed by atoms with Gasteiger partial charge in [-0.25, -0.2) is 4.98 Å². The van der Waals surface area contributed by atoms with E-state index in [2.05, 4.69) is 67.1 Å². The van der Waals surface area contributed by atoms with Gasteiger partial charge in [0.2, 0.25) is 0 Å². The third-order valence-electron chi connectivity index (χ3n) is 4.54. The first-order valence-corrected chi connectivity index (χ1v) is 9.25. The number of hydrogen-bond acceptors (Lipinski definition) is 3. The molecule has 1 aliphatic rings. The van der Waals surface area contributed by atoms with Crippen molar-refractivity contribution in [3.8, 4) is 5.69 Å². The highest BCUT2D eigenvalue weighted by Gasteiger charge is 2.22. The Kier molecular flexibility index (Phi) is 3.77. The van der Waals surface area contributed by atoms with Crippen LogP contribution in [0.25, 0.3) is 5.69 Å². The molecule has 1 aliphatic heterocycles. The van der Waals surface area contributed by atoms with E-state index in [4.69, 9.17) is 9.98 Å². The van der Waals surface area contributed by atoms with Gasteiger partial charge in [0.15, 0.2) is 0 Å². The molecule has 0 bridgehead atoms. The first kappa shape index (κ1) is 15.2. The Morgan fingerprint density at radius 3 is 2.58 bits per heavy atom. The van der Waals surface area contributed by atoms with Crippen LogP contribution in [0.15, 0.2) is 58.4 Å². The smallest absolute Gasteiger partial charge is 0.135 e. The number of aryl methyl sites for hydroxylation is 1. The van der Waals surface area contributed by atoms with Crippen LogP contribution in [0.4, 0.5) is 0 Å². The summed E-state index contributed by atoms with van der Waals surface area (Å²) in [6, 6.07) is 17.0. The van der Waals surface area contributed by atoms with Crippen LogP contribution in [0.2, 0.25) is 0 Å². The third-order valence-corrected chi connectivity index (χ3v) is 5.26. The number of hydrogen-bond donors (Lipinski definition) is 0. The normalized spacial score (nSPS) is 13.0. The lowest BCUT2D eigenvalue weighted by atomic mass is 10.0. The maximum Gasteiger partial charge on any atom is 0.135 e. The van der Waals surface area contributed by atoms with Crippen LogP contribution in [0, 0.1) is 13.8 Å². The van der Waals surface area contributed by atoms with Gasteiger partial charge in [0.1, 0.15) is 5.82 Å². The summed E-state index contributed by atoms with van der Waals surface area (Å²) in [6.07, 6.45) is 2.11. The molecule has 0 atom stereocenters. The topological polar surface area (TPSA) is 30.2 Å². The van der Waals surface area contributed by atoms with Gasteiger partial charge in [0.25, 0.3) is 0 Å². The number of aromatic nitrogens is 2. The summed E-state index contributed by atoms with van der Waals surface area (Å²) in [5.74, 6) is 1.01. The number of fused-ring (bicyclic) bond motifs is 3. The summed E-state index contributed by atoms with van der Waals surface area (Å²) in [5.41, 5.74) is 6.80. The molecule has 0 radical (unpaired) electrons. The standard InChI is InChI=1S/C20H19N3S/c1-13-14(2)23-18-10-9-16(24-3)11-17(18)20(21-12-19(23)22-13)15-7-5-4-6-8-15/h4-11H,12H2,1-3H3. The molecule has 0 amide bonds. The molecule has 0 saturated carbocycles. The van der Waals surface area contributed by atoms with Crippen molar-refractivity contribution in [2.24, 2.45) is 4.99 Å². The summed E-state index contributed by atoms with van der Waals surface area (Å²) in [6.45, 7) is 4.79. The second kappa shape index (κ2) is 5.95. The second-order valence-corrected chi connectivity index (χ2v) is 6.83. The lowest BCUT2D eigenvalue weighted by Gasteiger charge is -2.14. The summed E-state index contributed by atoms with van der Waals surface area (Å²) >= 11 is 1.76. The molecule has 0 aliphatic carbocycles. The van der Waals surface area contributed by atoms with Gasteiger partial charge in [0.05, 0.1) is 23.6 Å². The fourth-order valence-electron chi connectivity index (χ4n) is 3.21. The van der Waals surface area contributed by atoms with Gasteiger partial charge in [-0.3, -0.25) is 9.56 Å². The highest BCUT2D eigenvalue weighted by molar-refractivity contribution is 7.98. The SMILES string of the molecule is CSc1ccc2c(c1)C(c1ccccc1)=NCc1nc(C)c(C)n1-2. The minimum atomic E-state index is 0.599. The number of thioether (sulfide) groups is 1. The zero-order chi connectivity index (χ0) is 16.7. The molecular weight excluding hydrogens is 314 g/mol. The quantitative estimate of drug-likeness (QED) is 0.644. The fourth-order valence-corrected chi connectivity index (χ4v) is 3.65. The molecule has 3 aromatic rings. The van der Waals surface area contributed by atoms with Crippen molar-refractivity contribution < 1.29 is 0 Å². The van der Waals surface area contributed by atoms with Crippen molar-refractivity contribution in [3.63, 3.8) is 0 Å². The van der Waals surface area contributed by atoms with Gasteiger partial charge in [-0.05, 0) is 38.3 Å². The van der Waals surface area contributed by atoms with E-state index >= 15 is 0 Å². The largest absolute Gasteiger partial charge is 0.298 e. The van der Waals surface area contributed by atoms with Gasteiger partial charge in [-0.2, -0.15) is 0 Å². The number of benzene rings is 2. The van der Waals surface area contributed by atoms with Gasteiger partial charge in [-0.1, -0.05) is 30.3 Å². The molecule has 120 valence electrons. The first-order chi connectivity index (χ1) is 11.7. The predicted molar refractivity (Wildman–Crippen MR) is 101 cm³/mol. The minimum absolute atomic E-state index is 0.599. The number of nitrogens with zero attached hydrogens (tertiary/aromatic N) is 3. The van der Waals surface area contributed by atoms with Crippen molar-refractivity contribution >= 4 is 17.5 Å². The molecule has 0 saturated heterocycles. The van der Waals surface area contributed by atoms with E-state index in [0.717, 1.165) is 22.8 Å². The van der Waals surface area contributed by atoms with E-state index in [9.17, 15) is 0 Å². The number of rotatable bonds is 2. The van der Waals surface area contributed by atoms with Crippen molar-refractivity contribution in [3.05, 3.63) is 76.9 Å². The van der Waals surface area contributed by atoms with Crippen LogP contribution in [0.1, 0.15) is 28.3 Å². The monoisotopic (exact) mass is 333 g/mol. The predicted octanol–water partition coefficient (Wildman–Crippen LogP) is 4.56. The van der Waals surface area contributed by atoms with Crippen LogP contribution < -0.4 is 0 Å². The lowest BCUT2D eigenvalue weighted by molar-refractivity contribution is 0.862. The Morgan fingerprint density at radius 1 is 1.04 bits per heavy atom. The average molecular weight is 333 g/mol. The molecule has 2 heterocycles. The lowest BCUT2D eigenvalue weighted by Crippen LogP contribution is -2.08. The highest BCUT2D eigenvalue weighted by atomic mass is 32.2. The highest BCUT2D eigenvalue weighted by Crippen LogP contribution is 2.30. The van der Waals surface area contributed by atoms with Crippen LogP contribution in [-0.2, 0) is 6.54 Å². The zero-order valence-corrected chi connectivity index (χ0v) is 14.9. The molecule has 0 spiro atoms. The third kappa shape index (κ3) is 2.38. The van der Waals surface area contributed by atoms with Gasteiger partial charge in [-0.15, -0.1) is 11.8 Å². The summed E-state index contributed by atoms with van der Waals surface area (Å²) in [7, 11) is 0. The molecular formula is C20H19N3S. The summed E-state index contributed by atoms with van der Waals surface area (Å²) in [4.78, 5) is 10.9. The van der Waals surface area contributed by atoms with Crippen molar-refractivity contribution in [2.75, 3.05) is 6.26 Å². The van der Waals surface area contributed by atoms with Crippen molar-refractivity contribution in [1.29, 1.82) is 0 Å². The number of imidazole rings is 1. The summed E-state index contributed by atoms with van der Waals surface area (Å²) in [5, 5.41) is 0. The van der Waals surface area contributed by atoms with Crippen LogP contribution in [0.5, 0.6) is 0 Å². The van der Waals surface area contributed by atoms with E-state index in [1.54, 1.807) is 11.8 Å². The molecule has 4 rings (SSSR count). The van der Waals surface area contributed by atoms with E-state index in [1.807, 2.05) is 6.07 Å². The van der Waals surface area contributed by atoms with E-state index < -0.39 is 0 Å². The maximum atomic E-state index is 4.93. The van der Waals surface area contributed by atoms with Gasteiger partial charge >= 0.3 is 0 Å². The van der Waals surface area contributed by atoms with Crippen LogP contribution >= 0.6 is 11.8 Å². The number of aliphatic imine (C=N–C) groups is 1. The Bertz CT molecular complexity index is 939. The molecule has 24 heavy (non-hydrogen) atoms. The second-order valence-electron chi connectivity index (χ2n) is 5.95. The van der Waals surface area contributed by atoms with Crippen LogP contribution in [-0.4, -0.2) is 21.5 Å². The molecule has 2 aromatic carbocycles. The van der Waals surface area contributed by atoms with E-state index in [-0.39, 0.29) is 0 Å². The molecule has 3 nitrogen and oxygen atoms in total. The van der Waals surface area contributed by atoms with E-state index in [1.165, 1.54) is 21.8 Å². The molecule has 4 heteroatoms. The Balaban J connectivity index is 2.01. The zero-order valence-electron chi connectivity index (χ0n) is 14.1.